The van der Waals surface area contributed by atoms with E-state index in [0.29, 0.717) is 17.9 Å². The molecule has 10 heteroatoms. The van der Waals surface area contributed by atoms with Crippen LogP contribution in [0.5, 0.6) is 0 Å². The summed E-state index contributed by atoms with van der Waals surface area (Å²) in [5.74, 6) is -0.286. The van der Waals surface area contributed by atoms with Crippen molar-refractivity contribution in [3.8, 4) is 0 Å². The number of anilines is 1. The van der Waals surface area contributed by atoms with Gasteiger partial charge in [0, 0.05) is 19.2 Å². The maximum Gasteiger partial charge on any atom is 0.261 e. The van der Waals surface area contributed by atoms with E-state index in [1.165, 1.54) is 12.1 Å². The van der Waals surface area contributed by atoms with Crippen molar-refractivity contribution in [1.29, 1.82) is 0 Å². The number of hydrogen-bond donors (Lipinski definition) is 2. The highest BCUT2D eigenvalue weighted by atomic mass is 32.2. The van der Waals surface area contributed by atoms with Gasteiger partial charge in [-0.25, -0.2) is 12.8 Å². The van der Waals surface area contributed by atoms with Crippen LogP contribution in [0, 0.1) is 5.82 Å². The molecule has 4 rings (SSSR count). The molecular weight excluding hydrogens is 421 g/mol. The Morgan fingerprint density at radius 2 is 1.71 bits per heavy atom. The van der Waals surface area contributed by atoms with Gasteiger partial charge in [-0.05, 0) is 48.5 Å². The Morgan fingerprint density at radius 1 is 0.968 bits per heavy atom. The normalized spacial score (nSPS) is 11.4. The summed E-state index contributed by atoms with van der Waals surface area (Å²) in [5, 5.41) is 10.9. The Labute approximate surface area is 177 Å². The number of carbonyl (C=O) groups is 1. The number of fused-ring (bicyclic) bond motifs is 1. The number of rotatable bonds is 7. The average molecular weight is 439 g/mol. The Bertz CT molecular complexity index is 1340. The molecule has 2 heterocycles. The summed E-state index contributed by atoms with van der Waals surface area (Å²) in [6.07, 6.45) is 2.28. The molecule has 0 fully saturated rings. The predicted octanol–water partition coefficient (Wildman–Crippen LogP) is 2.64. The van der Waals surface area contributed by atoms with Crippen molar-refractivity contribution in [2.45, 2.75) is 11.3 Å². The molecule has 4 aromatic rings. The van der Waals surface area contributed by atoms with Gasteiger partial charge in [0.15, 0.2) is 5.65 Å². The van der Waals surface area contributed by atoms with Gasteiger partial charge in [0.1, 0.15) is 11.6 Å². The molecule has 0 aliphatic carbocycles. The first kappa shape index (κ1) is 20.5. The number of amides is 1. The van der Waals surface area contributed by atoms with Gasteiger partial charge in [-0.3, -0.25) is 13.9 Å². The van der Waals surface area contributed by atoms with E-state index in [0.717, 1.165) is 24.3 Å². The van der Waals surface area contributed by atoms with E-state index in [1.807, 2.05) is 28.8 Å². The van der Waals surface area contributed by atoms with Crippen LogP contribution >= 0.6 is 0 Å². The predicted molar refractivity (Wildman–Crippen MR) is 113 cm³/mol. The molecular formula is C21H18FN5O3S. The van der Waals surface area contributed by atoms with E-state index in [1.54, 1.807) is 12.1 Å². The van der Waals surface area contributed by atoms with Crippen LogP contribution in [0.1, 0.15) is 16.2 Å². The van der Waals surface area contributed by atoms with Crippen LogP contribution in [-0.2, 0) is 16.4 Å². The number of pyridine rings is 1. The summed E-state index contributed by atoms with van der Waals surface area (Å²) in [4.78, 5) is 12.6. The molecule has 1 amide bonds. The summed E-state index contributed by atoms with van der Waals surface area (Å²) in [6, 6.07) is 16.2. The zero-order chi connectivity index (χ0) is 21.8. The lowest BCUT2D eigenvalue weighted by Gasteiger charge is -2.13. The highest BCUT2D eigenvalue weighted by Gasteiger charge is 2.18. The third kappa shape index (κ3) is 4.53. The highest BCUT2D eigenvalue weighted by Crippen LogP contribution is 2.20. The lowest BCUT2D eigenvalue weighted by Crippen LogP contribution is -2.27. The first-order valence-electron chi connectivity index (χ1n) is 9.38. The third-order valence-corrected chi connectivity index (χ3v) is 5.94. The van der Waals surface area contributed by atoms with Crippen LogP contribution in [0.25, 0.3) is 5.65 Å². The van der Waals surface area contributed by atoms with Crippen LogP contribution in [0.2, 0.25) is 0 Å². The van der Waals surface area contributed by atoms with E-state index in [-0.39, 0.29) is 22.7 Å². The van der Waals surface area contributed by atoms with E-state index in [9.17, 15) is 17.6 Å². The number of benzene rings is 2. The molecule has 0 radical (unpaired) electrons. The first-order chi connectivity index (χ1) is 14.9. The number of aromatic nitrogens is 3. The Hall–Kier alpha value is -3.79. The lowest BCUT2D eigenvalue weighted by atomic mass is 10.1. The fourth-order valence-corrected chi connectivity index (χ4v) is 4.11. The SMILES string of the molecule is O=C(NCCc1nnc2ccccn12)c1ccccc1NS(=O)(=O)c1ccc(F)cc1. The standard InChI is InChI=1S/C21H18FN5O3S/c22-15-8-10-16(11-9-15)31(29,30)26-18-6-2-1-5-17(18)21(28)23-13-12-20-25-24-19-7-3-4-14-27(19)20/h1-11,14,26H,12-13H2,(H,23,28). The fraction of sp³-hybridized carbons (Fsp3) is 0.0952. The minimum atomic E-state index is -3.98. The molecule has 8 nitrogen and oxygen atoms in total. The quantitative estimate of drug-likeness (QED) is 0.461. The Kier molecular flexibility index (Phi) is 5.63. The monoisotopic (exact) mass is 439 g/mol. The number of para-hydroxylation sites is 1. The van der Waals surface area contributed by atoms with Crippen LogP contribution < -0.4 is 10.0 Å². The Morgan fingerprint density at radius 3 is 2.52 bits per heavy atom. The second-order valence-electron chi connectivity index (χ2n) is 6.66. The molecule has 0 unspecified atom stereocenters. The summed E-state index contributed by atoms with van der Waals surface area (Å²) >= 11 is 0. The van der Waals surface area contributed by atoms with Gasteiger partial charge < -0.3 is 5.32 Å². The molecule has 2 aromatic carbocycles. The second kappa shape index (κ2) is 8.52. The zero-order valence-corrected chi connectivity index (χ0v) is 17.0. The van der Waals surface area contributed by atoms with Crippen LogP contribution in [0.4, 0.5) is 10.1 Å². The van der Waals surface area contributed by atoms with Crippen molar-refractivity contribution >= 4 is 27.3 Å². The van der Waals surface area contributed by atoms with Crippen LogP contribution in [0.15, 0.2) is 77.8 Å². The number of nitrogens with one attached hydrogen (secondary N) is 2. The number of sulfonamides is 1. The zero-order valence-electron chi connectivity index (χ0n) is 16.2. The molecule has 2 aromatic heterocycles. The molecule has 0 saturated heterocycles. The average Bonchev–Trinajstić information content (AvgIpc) is 3.17. The van der Waals surface area contributed by atoms with Gasteiger partial charge in [0.2, 0.25) is 0 Å². The van der Waals surface area contributed by atoms with Crippen LogP contribution in [0.3, 0.4) is 0 Å². The van der Waals surface area contributed by atoms with E-state index in [2.05, 4.69) is 20.2 Å². The molecule has 2 N–H and O–H groups in total. The van der Waals surface area contributed by atoms with E-state index in [4.69, 9.17) is 0 Å². The van der Waals surface area contributed by atoms with Crippen molar-refractivity contribution in [3.05, 3.63) is 90.1 Å². The van der Waals surface area contributed by atoms with Gasteiger partial charge in [-0.1, -0.05) is 18.2 Å². The minimum Gasteiger partial charge on any atom is -0.352 e. The van der Waals surface area contributed by atoms with Gasteiger partial charge in [0.25, 0.3) is 15.9 Å². The maximum absolute atomic E-state index is 13.1. The summed E-state index contributed by atoms with van der Waals surface area (Å²) in [7, 11) is -3.98. The van der Waals surface area contributed by atoms with E-state index >= 15 is 0 Å². The Balaban J connectivity index is 1.46. The highest BCUT2D eigenvalue weighted by molar-refractivity contribution is 7.92. The van der Waals surface area contributed by atoms with Gasteiger partial charge >= 0.3 is 0 Å². The topological polar surface area (TPSA) is 105 Å². The summed E-state index contributed by atoms with van der Waals surface area (Å²) < 4.78 is 42.5. The van der Waals surface area contributed by atoms with Gasteiger partial charge in [-0.2, -0.15) is 0 Å². The second-order valence-corrected chi connectivity index (χ2v) is 8.34. The van der Waals surface area contributed by atoms with Gasteiger partial charge in [-0.15, -0.1) is 10.2 Å². The lowest BCUT2D eigenvalue weighted by molar-refractivity contribution is 0.0955. The summed E-state index contributed by atoms with van der Waals surface area (Å²) in [5.41, 5.74) is 1.00. The molecule has 0 atom stereocenters. The van der Waals surface area contributed by atoms with Crippen molar-refractivity contribution in [2.75, 3.05) is 11.3 Å². The smallest absolute Gasteiger partial charge is 0.261 e. The third-order valence-electron chi connectivity index (χ3n) is 4.56. The fourth-order valence-electron chi connectivity index (χ4n) is 3.03. The number of halogens is 1. The van der Waals surface area contributed by atoms with Crippen LogP contribution in [-0.4, -0.2) is 35.5 Å². The van der Waals surface area contributed by atoms with E-state index < -0.39 is 21.7 Å². The largest absolute Gasteiger partial charge is 0.352 e. The van der Waals surface area contributed by atoms with Crippen molar-refractivity contribution in [1.82, 2.24) is 19.9 Å². The molecule has 0 aliphatic rings. The van der Waals surface area contributed by atoms with Crippen molar-refractivity contribution in [2.24, 2.45) is 0 Å². The van der Waals surface area contributed by atoms with Crippen molar-refractivity contribution in [3.63, 3.8) is 0 Å². The molecule has 0 aliphatic heterocycles. The maximum atomic E-state index is 13.1. The molecule has 158 valence electrons. The molecule has 0 bridgehead atoms. The number of carbonyl (C=O) groups excluding carboxylic acids is 1. The summed E-state index contributed by atoms with van der Waals surface area (Å²) in [6.45, 7) is 0.285. The van der Waals surface area contributed by atoms with Gasteiger partial charge in [0.05, 0.1) is 16.1 Å². The molecule has 0 spiro atoms. The first-order valence-corrected chi connectivity index (χ1v) is 10.9. The van der Waals surface area contributed by atoms with Crippen molar-refractivity contribution < 1.29 is 17.6 Å². The molecule has 0 saturated carbocycles. The number of nitrogens with zero attached hydrogens (tertiary/aromatic N) is 3. The molecule has 31 heavy (non-hydrogen) atoms. The number of hydrogen-bond acceptors (Lipinski definition) is 5. The minimum absolute atomic E-state index is 0.109.